The third-order valence-corrected chi connectivity index (χ3v) is 3.57. The Bertz CT molecular complexity index is 659. The molecule has 0 radical (unpaired) electrons. The second-order valence-electron chi connectivity index (χ2n) is 5.27. The number of morpholine rings is 1. The third-order valence-electron chi connectivity index (χ3n) is 3.57. The lowest BCUT2D eigenvalue weighted by Crippen LogP contribution is -2.33. The highest BCUT2D eigenvalue weighted by Gasteiger charge is 2.15. The average molecular weight is 352 g/mol. The summed E-state index contributed by atoms with van der Waals surface area (Å²) in [5.41, 5.74) is 2.28. The molecule has 0 spiro atoms. The number of carbonyl (C=O) groups excluding carboxylic acids is 1. The number of benzene rings is 2. The van der Waals surface area contributed by atoms with Gasteiger partial charge in [-0.1, -0.05) is 12.1 Å². The second-order valence-corrected chi connectivity index (χ2v) is 5.27. The van der Waals surface area contributed by atoms with E-state index < -0.39 is 0 Å². The summed E-state index contributed by atoms with van der Waals surface area (Å²) in [6.07, 6.45) is 0.0471. The van der Waals surface area contributed by atoms with Gasteiger partial charge < -0.3 is 20.7 Å². The van der Waals surface area contributed by atoms with E-state index in [0.717, 1.165) is 18.7 Å². The molecule has 2 aromatic rings. The van der Waals surface area contributed by atoms with Crippen LogP contribution in [0.4, 0.5) is 20.6 Å². The first-order valence-corrected chi connectivity index (χ1v) is 7.46. The molecular formula is C17H19ClFN3O2. The number of carbonyl (C=O) groups is 1. The first kappa shape index (κ1) is 18.2. The minimum absolute atomic E-state index is 0. The number of hydrogen-bond acceptors (Lipinski definition) is 3. The highest BCUT2D eigenvalue weighted by Crippen LogP contribution is 2.20. The Kier molecular flexibility index (Phi) is 6.54. The van der Waals surface area contributed by atoms with Gasteiger partial charge in [-0.25, -0.2) is 9.18 Å². The molecule has 0 bridgehead atoms. The van der Waals surface area contributed by atoms with E-state index in [2.05, 4.69) is 16.0 Å². The molecule has 1 aliphatic heterocycles. The normalized spacial score (nSPS) is 16.8. The summed E-state index contributed by atoms with van der Waals surface area (Å²) in [7, 11) is 0. The molecule has 0 aliphatic carbocycles. The minimum atomic E-state index is -0.375. The Balaban J connectivity index is 0.00000208. The van der Waals surface area contributed by atoms with Crippen molar-refractivity contribution in [2.45, 2.75) is 6.10 Å². The van der Waals surface area contributed by atoms with Gasteiger partial charge in [-0.05, 0) is 42.0 Å². The molecule has 1 unspecified atom stereocenters. The van der Waals surface area contributed by atoms with Crippen LogP contribution in [0.2, 0.25) is 0 Å². The largest absolute Gasteiger partial charge is 0.371 e. The van der Waals surface area contributed by atoms with Crippen molar-refractivity contribution in [3.05, 3.63) is 59.9 Å². The van der Waals surface area contributed by atoms with Gasteiger partial charge in [0.25, 0.3) is 0 Å². The molecule has 1 fully saturated rings. The maximum absolute atomic E-state index is 12.8. The molecule has 0 saturated carbocycles. The van der Waals surface area contributed by atoms with Crippen LogP contribution in [-0.2, 0) is 4.74 Å². The zero-order valence-corrected chi connectivity index (χ0v) is 13.7. The zero-order chi connectivity index (χ0) is 16.1. The van der Waals surface area contributed by atoms with Gasteiger partial charge in [0, 0.05) is 24.5 Å². The van der Waals surface area contributed by atoms with Crippen LogP contribution >= 0.6 is 12.4 Å². The summed E-state index contributed by atoms with van der Waals surface area (Å²) in [6.45, 7) is 2.36. The van der Waals surface area contributed by atoms with Crippen LogP contribution < -0.4 is 16.0 Å². The number of ether oxygens (including phenoxy) is 1. The number of nitrogens with one attached hydrogen (secondary N) is 3. The monoisotopic (exact) mass is 351 g/mol. The Morgan fingerprint density at radius 1 is 1.04 bits per heavy atom. The molecule has 7 heteroatoms. The minimum Gasteiger partial charge on any atom is -0.371 e. The van der Waals surface area contributed by atoms with E-state index in [9.17, 15) is 9.18 Å². The Labute approximate surface area is 146 Å². The zero-order valence-electron chi connectivity index (χ0n) is 12.9. The van der Waals surface area contributed by atoms with Crippen LogP contribution in [0.3, 0.4) is 0 Å². The number of halogens is 2. The molecule has 3 rings (SSSR count). The highest BCUT2D eigenvalue weighted by molar-refractivity contribution is 5.99. The van der Waals surface area contributed by atoms with Gasteiger partial charge in [0.2, 0.25) is 0 Å². The fourth-order valence-electron chi connectivity index (χ4n) is 2.39. The Hall–Kier alpha value is -2.15. The Morgan fingerprint density at radius 3 is 2.17 bits per heavy atom. The van der Waals surface area contributed by atoms with Crippen LogP contribution in [0.15, 0.2) is 48.5 Å². The molecular weight excluding hydrogens is 333 g/mol. The Morgan fingerprint density at radius 2 is 1.62 bits per heavy atom. The van der Waals surface area contributed by atoms with Crippen molar-refractivity contribution in [1.82, 2.24) is 5.32 Å². The number of urea groups is 1. The number of anilines is 2. The summed E-state index contributed by atoms with van der Waals surface area (Å²) in [6, 6.07) is 12.8. The van der Waals surface area contributed by atoms with Gasteiger partial charge in [-0.3, -0.25) is 0 Å². The smallest absolute Gasteiger partial charge is 0.323 e. The van der Waals surface area contributed by atoms with Gasteiger partial charge in [0.15, 0.2) is 0 Å². The molecule has 5 nitrogen and oxygen atoms in total. The summed E-state index contributed by atoms with van der Waals surface area (Å²) < 4.78 is 18.5. The van der Waals surface area contributed by atoms with Crippen LogP contribution in [0.5, 0.6) is 0 Å². The maximum Gasteiger partial charge on any atom is 0.323 e. The van der Waals surface area contributed by atoms with E-state index >= 15 is 0 Å². The molecule has 128 valence electrons. The van der Waals surface area contributed by atoms with Crippen LogP contribution in [0.25, 0.3) is 0 Å². The lowest BCUT2D eigenvalue weighted by Gasteiger charge is -2.24. The number of amides is 2. The lowest BCUT2D eigenvalue weighted by molar-refractivity contribution is 0.0277. The molecule has 1 saturated heterocycles. The molecule has 1 atom stereocenters. The molecule has 1 aliphatic rings. The third kappa shape index (κ3) is 4.92. The highest BCUT2D eigenvalue weighted by atomic mass is 35.5. The predicted molar refractivity (Wildman–Crippen MR) is 94.3 cm³/mol. The van der Waals surface area contributed by atoms with Crippen molar-refractivity contribution >= 4 is 29.8 Å². The second kappa shape index (κ2) is 8.63. The summed E-state index contributed by atoms with van der Waals surface area (Å²) in [5.74, 6) is -0.342. The molecule has 2 aromatic carbocycles. The number of hydrogen-bond donors (Lipinski definition) is 3. The SMILES string of the molecule is Cl.O=C(Nc1ccc(F)cc1)Nc1ccc(C2CNCCO2)cc1. The van der Waals surface area contributed by atoms with Gasteiger partial charge in [0.1, 0.15) is 5.82 Å². The van der Waals surface area contributed by atoms with Crippen molar-refractivity contribution in [2.75, 3.05) is 30.3 Å². The number of rotatable bonds is 3. The van der Waals surface area contributed by atoms with E-state index in [1.807, 2.05) is 24.3 Å². The van der Waals surface area contributed by atoms with E-state index in [0.29, 0.717) is 18.0 Å². The predicted octanol–water partition coefficient (Wildman–Crippen LogP) is 3.55. The van der Waals surface area contributed by atoms with Gasteiger partial charge in [-0.2, -0.15) is 0 Å². The fraction of sp³-hybridized carbons (Fsp3) is 0.235. The van der Waals surface area contributed by atoms with E-state index in [4.69, 9.17) is 4.74 Å². The first-order valence-electron chi connectivity index (χ1n) is 7.46. The molecule has 0 aromatic heterocycles. The van der Waals surface area contributed by atoms with E-state index in [1.165, 1.54) is 24.3 Å². The molecule has 2 amide bonds. The van der Waals surface area contributed by atoms with Gasteiger partial charge in [0.05, 0.1) is 12.7 Å². The van der Waals surface area contributed by atoms with Crippen LogP contribution in [0.1, 0.15) is 11.7 Å². The molecule has 24 heavy (non-hydrogen) atoms. The molecule has 3 N–H and O–H groups in total. The van der Waals surface area contributed by atoms with E-state index in [-0.39, 0.29) is 30.4 Å². The average Bonchev–Trinajstić information content (AvgIpc) is 2.58. The first-order chi connectivity index (χ1) is 11.2. The summed E-state index contributed by atoms with van der Waals surface area (Å²) in [4.78, 5) is 11.9. The lowest BCUT2D eigenvalue weighted by atomic mass is 10.1. The fourth-order valence-corrected chi connectivity index (χ4v) is 2.39. The van der Waals surface area contributed by atoms with Gasteiger partial charge >= 0.3 is 6.03 Å². The summed E-state index contributed by atoms with van der Waals surface area (Å²) in [5, 5.41) is 8.66. The summed E-state index contributed by atoms with van der Waals surface area (Å²) >= 11 is 0. The van der Waals surface area contributed by atoms with E-state index in [1.54, 1.807) is 0 Å². The standard InChI is InChI=1S/C17H18FN3O2.ClH/c18-13-3-7-15(8-4-13)21-17(22)20-14-5-1-12(2-6-14)16-11-19-9-10-23-16;/h1-8,16,19H,9-11H2,(H2,20,21,22);1H. The molecule has 1 heterocycles. The van der Waals surface area contributed by atoms with Gasteiger partial charge in [-0.15, -0.1) is 12.4 Å². The topological polar surface area (TPSA) is 62.4 Å². The van der Waals surface area contributed by atoms with Crippen molar-refractivity contribution in [3.63, 3.8) is 0 Å². The van der Waals surface area contributed by atoms with Crippen LogP contribution in [0, 0.1) is 5.82 Å². The van der Waals surface area contributed by atoms with Crippen molar-refractivity contribution in [3.8, 4) is 0 Å². The van der Waals surface area contributed by atoms with Crippen molar-refractivity contribution < 1.29 is 13.9 Å². The quantitative estimate of drug-likeness (QED) is 0.792. The van der Waals surface area contributed by atoms with Crippen molar-refractivity contribution in [1.29, 1.82) is 0 Å². The maximum atomic E-state index is 12.8. The van der Waals surface area contributed by atoms with Crippen molar-refractivity contribution in [2.24, 2.45) is 0 Å². The van der Waals surface area contributed by atoms with Crippen LogP contribution in [-0.4, -0.2) is 25.7 Å².